The van der Waals surface area contributed by atoms with Crippen molar-refractivity contribution >= 4 is 23.2 Å². The van der Waals surface area contributed by atoms with Gasteiger partial charge in [-0.25, -0.2) is 0 Å². The highest BCUT2D eigenvalue weighted by atomic mass is 35.5. The number of nitrogens with one attached hydrogen (secondary N) is 1. The zero-order valence-electron chi connectivity index (χ0n) is 11.9. The molecule has 1 fully saturated rings. The van der Waals surface area contributed by atoms with Crippen LogP contribution in [0.2, 0.25) is 5.02 Å². The summed E-state index contributed by atoms with van der Waals surface area (Å²) in [6.07, 6.45) is 0.971. The van der Waals surface area contributed by atoms with Crippen molar-refractivity contribution in [3.63, 3.8) is 0 Å². The van der Waals surface area contributed by atoms with E-state index in [4.69, 9.17) is 17.4 Å². The van der Waals surface area contributed by atoms with E-state index in [0.717, 1.165) is 26.1 Å². The molecule has 1 heterocycles. The van der Waals surface area contributed by atoms with Crippen molar-refractivity contribution < 1.29 is 4.79 Å². The lowest BCUT2D eigenvalue weighted by molar-refractivity contribution is 0.0697. The summed E-state index contributed by atoms with van der Waals surface area (Å²) in [5.74, 6) is 5.46. The highest BCUT2D eigenvalue weighted by molar-refractivity contribution is 6.31. The number of hydrogen-bond donors (Lipinski definition) is 2. The Balaban J connectivity index is 2.28. The van der Waals surface area contributed by atoms with Crippen molar-refractivity contribution in [1.82, 2.24) is 9.80 Å². The first-order chi connectivity index (χ1) is 9.52. The molecule has 1 aliphatic heterocycles. The molecule has 1 atom stereocenters. The van der Waals surface area contributed by atoms with Crippen molar-refractivity contribution in [2.45, 2.75) is 19.4 Å². The Kier molecular flexibility index (Phi) is 4.86. The first-order valence-electron chi connectivity index (χ1n) is 6.78. The smallest absolute Gasteiger partial charge is 0.256 e. The largest absolute Gasteiger partial charge is 0.335 e. The zero-order chi connectivity index (χ0) is 14.7. The van der Waals surface area contributed by atoms with E-state index in [0.29, 0.717) is 16.3 Å². The molecule has 3 N–H and O–H groups in total. The van der Waals surface area contributed by atoms with Crippen molar-refractivity contribution in [2.24, 2.45) is 5.84 Å². The van der Waals surface area contributed by atoms with Crippen LogP contribution in [-0.4, -0.2) is 48.4 Å². The summed E-state index contributed by atoms with van der Waals surface area (Å²) in [4.78, 5) is 16.9. The van der Waals surface area contributed by atoms with Gasteiger partial charge >= 0.3 is 0 Å². The highest BCUT2D eigenvalue weighted by Crippen LogP contribution is 2.23. The van der Waals surface area contributed by atoms with Crippen LogP contribution in [0.1, 0.15) is 23.7 Å². The first kappa shape index (κ1) is 15.1. The number of likely N-dealkylation sites (N-methyl/N-ethyl adjacent to an activating group) is 1. The molecule has 1 aliphatic rings. The van der Waals surface area contributed by atoms with Crippen LogP contribution in [0.25, 0.3) is 0 Å². The van der Waals surface area contributed by atoms with E-state index in [-0.39, 0.29) is 11.9 Å². The van der Waals surface area contributed by atoms with Gasteiger partial charge < -0.3 is 15.2 Å². The van der Waals surface area contributed by atoms with Gasteiger partial charge in [0.1, 0.15) is 0 Å². The molecular formula is C14H21ClN4O. The van der Waals surface area contributed by atoms with Crippen LogP contribution in [0.5, 0.6) is 0 Å². The average Bonchev–Trinajstić information content (AvgIpc) is 2.58. The molecule has 0 saturated carbocycles. The number of nitrogens with two attached hydrogens (primary N) is 1. The second-order valence-corrected chi connectivity index (χ2v) is 5.73. The normalized spacial score (nSPS) is 20.6. The number of carbonyl (C=O) groups is 1. The summed E-state index contributed by atoms with van der Waals surface area (Å²) in [5, 5.41) is 0.534. The number of amides is 1. The van der Waals surface area contributed by atoms with E-state index in [1.165, 1.54) is 0 Å². The van der Waals surface area contributed by atoms with Crippen LogP contribution in [0.15, 0.2) is 18.2 Å². The van der Waals surface area contributed by atoms with Gasteiger partial charge in [-0.15, -0.1) is 0 Å². The molecule has 1 aromatic carbocycles. The Morgan fingerprint density at radius 1 is 1.45 bits per heavy atom. The third kappa shape index (κ3) is 3.23. The number of nitrogen functional groups attached to an aromatic ring is 1. The van der Waals surface area contributed by atoms with E-state index < -0.39 is 0 Å². The minimum Gasteiger partial charge on any atom is -0.335 e. The highest BCUT2D eigenvalue weighted by Gasteiger charge is 2.26. The number of rotatable bonds is 2. The Morgan fingerprint density at radius 3 is 2.90 bits per heavy atom. The van der Waals surface area contributed by atoms with Gasteiger partial charge in [0.05, 0.1) is 11.3 Å². The average molecular weight is 297 g/mol. The summed E-state index contributed by atoms with van der Waals surface area (Å²) < 4.78 is 0. The fourth-order valence-corrected chi connectivity index (χ4v) is 2.82. The van der Waals surface area contributed by atoms with Gasteiger partial charge in [-0.05, 0) is 45.1 Å². The molecule has 0 bridgehead atoms. The zero-order valence-corrected chi connectivity index (χ0v) is 12.7. The van der Waals surface area contributed by atoms with Crippen LogP contribution in [-0.2, 0) is 0 Å². The Labute approximate surface area is 124 Å². The summed E-state index contributed by atoms with van der Waals surface area (Å²) in [6, 6.07) is 5.28. The molecule has 20 heavy (non-hydrogen) atoms. The molecular weight excluding hydrogens is 276 g/mol. The molecule has 0 radical (unpaired) electrons. The quantitative estimate of drug-likeness (QED) is 0.645. The summed E-state index contributed by atoms with van der Waals surface area (Å²) in [5.41, 5.74) is 3.69. The van der Waals surface area contributed by atoms with Crippen LogP contribution < -0.4 is 11.3 Å². The van der Waals surface area contributed by atoms with Crippen molar-refractivity contribution in [2.75, 3.05) is 32.1 Å². The minimum absolute atomic E-state index is 0.0248. The molecule has 1 aromatic rings. The number of benzene rings is 1. The molecule has 2 rings (SSSR count). The van der Waals surface area contributed by atoms with Gasteiger partial charge in [0.15, 0.2) is 0 Å². The third-order valence-electron chi connectivity index (χ3n) is 3.68. The fourth-order valence-electron chi connectivity index (χ4n) is 2.65. The van der Waals surface area contributed by atoms with E-state index in [1.54, 1.807) is 18.2 Å². The lowest BCUT2D eigenvalue weighted by atomic mass is 10.1. The summed E-state index contributed by atoms with van der Waals surface area (Å²) >= 11 is 6.00. The maximum absolute atomic E-state index is 12.8. The summed E-state index contributed by atoms with van der Waals surface area (Å²) in [7, 11) is 2.08. The number of halogens is 1. The van der Waals surface area contributed by atoms with Crippen LogP contribution in [0.4, 0.5) is 5.69 Å². The molecule has 110 valence electrons. The topological polar surface area (TPSA) is 61.6 Å². The molecule has 1 amide bonds. The number of hydrogen-bond acceptors (Lipinski definition) is 4. The van der Waals surface area contributed by atoms with Gasteiger partial charge in [0.2, 0.25) is 0 Å². The van der Waals surface area contributed by atoms with Crippen molar-refractivity contribution in [3.8, 4) is 0 Å². The van der Waals surface area contributed by atoms with E-state index in [2.05, 4.69) is 24.3 Å². The molecule has 0 aromatic heterocycles. The second-order valence-electron chi connectivity index (χ2n) is 5.30. The lowest BCUT2D eigenvalue weighted by Crippen LogP contribution is -2.42. The van der Waals surface area contributed by atoms with Crippen LogP contribution in [0, 0.1) is 0 Å². The SMILES string of the molecule is CC1CN(C)CCCN1C(=O)c1cc(Cl)ccc1NN. The number of anilines is 1. The maximum atomic E-state index is 12.8. The van der Waals surface area contributed by atoms with Crippen molar-refractivity contribution in [1.29, 1.82) is 0 Å². The fraction of sp³-hybridized carbons (Fsp3) is 0.500. The van der Waals surface area contributed by atoms with Gasteiger partial charge in [0.25, 0.3) is 5.91 Å². The van der Waals surface area contributed by atoms with Gasteiger partial charge in [-0.2, -0.15) is 0 Å². The Bertz CT molecular complexity index is 494. The van der Waals surface area contributed by atoms with Crippen LogP contribution in [0.3, 0.4) is 0 Å². The van der Waals surface area contributed by atoms with Gasteiger partial charge in [0, 0.05) is 24.2 Å². The molecule has 6 heteroatoms. The number of nitrogens with zero attached hydrogens (tertiary/aromatic N) is 2. The monoisotopic (exact) mass is 296 g/mol. The standard InChI is InChI=1S/C14H21ClN4O/c1-10-9-18(2)6-3-7-19(10)14(20)12-8-11(15)4-5-13(12)17-16/h4-5,8,10,17H,3,6-7,9,16H2,1-2H3. The maximum Gasteiger partial charge on any atom is 0.256 e. The number of carbonyl (C=O) groups excluding carboxylic acids is 1. The molecule has 5 nitrogen and oxygen atoms in total. The predicted octanol–water partition coefficient (Wildman–Crippen LogP) is 1.79. The predicted molar refractivity (Wildman–Crippen MR) is 81.9 cm³/mol. The molecule has 0 spiro atoms. The lowest BCUT2D eigenvalue weighted by Gasteiger charge is -2.28. The molecule has 1 saturated heterocycles. The van der Waals surface area contributed by atoms with Crippen molar-refractivity contribution in [3.05, 3.63) is 28.8 Å². The van der Waals surface area contributed by atoms with E-state index >= 15 is 0 Å². The summed E-state index contributed by atoms with van der Waals surface area (Å²) in [6.45, 7) is 4.70. The Morgan fingerprint density at radius 2 is 2.20 bits per heavy atom. The molecule has 1 unspecified atom stereocenters. The second kappa shape index (κ2) is 6.43. The molecule has 0 aliphatic carbocycles. The number of hydrazine groups is 1. The van der Waals surface area contributed by atoms with E-state index in [9.17, 15) is 4.79 Å². The minimum atomic E-state index is -0.0248. The van der Waals surface area contributed by atoms with Gasteiger partial charge in [-0.3, -0.25) is 10.6 Å². The van der Waals surface area contributed by atoms with Crippen LogP contribution >= 0.6 is 11.6 Å². The van der Waals surface area contributed by atoms with Gasteiger partial charge in [-0.1, -0.05) is 11.6 Å². The third-order valence-corrected chi connectivity index (χ3v) is 3.91. The van der Waals surface area contributed by atoms with E-state index in [1.807, 2.05) is 4.90 Å². The Hall–Kier alpha value is -1.30. The first-order valence-corrected chi connectivity index (χ1v) is 7.16.